The molecule has 0 atom stereocenters. The van der Waals surface area contributed by atoms with Gasteiger partial charge in [-0.3, -0.25) is 9.62 Å². The molecule has 4 rings (SSSR count). The van der Waals surface area contributed by atoms with Crippen LogP contribution in [-0.2, 0) is 6.54 Å². The second-order valence-electron chi connectivity index (χ2n) is 11.1. The van der Waals surface area contributed by atoms with Crippen LogP contribution in [0.2, 0.25) is 0 Å². The summed E-state index contributed by atoms with van der Waals surface area (Å²) >= 11 is 1.64. The summed E-state index contributed by atoms with van der Waals surface area (Å²) < 4.78 is 5.47. The highest BCUT2D eigenvalue weighted by atomic mass is 32.2. The molecule has 8 heteroatoms. The number of benzene rings is 2. The van der Waals surface area contributed by atoms with Crippen LogP contribution in [0, 0.1) is 13.8 Å². The maximum Gasteiger partial charge on any atom is 0.228 e. The minimum absolute atomic E-state index is 0.0510. The van der Waals surface area contributed by atoms with Gasteiger partial charge in [0, 0.05) is 66.9 Å². The predicted molar refractivity (Wildman–Crippen MR) is 160 cm³/mol. The highest BCUT2D eigenvalue weighted by molar-refractivity contribution is 7.97. The van der Waals surface area contributed by atoms with Crippen LogP contribution < -0.4 is 10.0 Å². The molecule has 0 bridgehead atoms. The maximum absolute atomic E-state index is 4.71. The molecule has 2 heterocycles. The first kappa shape index (κ1) is 28.1. The van der Waals surface area contributed by atoms with Gasteiger partial charge in [0.2, 0.25) is 5.95 Å². The first-order valence-corrected chi connectivity index (χ1v) is 14.0. The molecule has 0 unspecified atom stereocenters. The summed E-state index contributed by atoms with van der Waals surface area (Å²) in [4.78, 5) is 15.4. The van der Waals surface area contributed by atoms with E-state index in [-0.39, 0.29) is 5.54 Å². The highest BCUT2D eigenvalue weighted by Gasteiger charge is 2.15. The minimum Gasteiger partial charge on any atom is -0.324 e. The van der Waals surface area contributed by atoms with E-state index in [4.69, 9.17) is 4.98 Å². The van der Waals surface area contributed by atoms with E-state index in [9.17, 15) is 0 Å². The Morgan fingerprint density at radius 2 is 1.66 bits per heavy atom. The van der Waals surface area contributed by atoms with Gasteiger partial charge in [-0.05, 0) is 113 Å². The average Bonchev–Trinajstić information content (AvgIpc) is 2.97. The van der Waals surface area contributed by atoms with E-state index in [1.165, 1.54) is 16.0 Å². The van der Waals surface area contributed by atoms with Gasteiger partial charge in [0.05, 0.1) is 0 Å². The fraction of sp³-hybridized carbons (Fsp3) is 0.400. The Balaban J connectivity index is 1.53. The van der Waals surface area contributed by atoms with Crippen molar-refractivity contribution in [1.29, 1.82) is 0 Å². The third-order valence-electron chi connectivity index (χ3n) is 6.40. The Morgan fingerprint density at radius 1 is 0.921 bits per heavy atom. The first-order chi connectivity index (χ1) is 18.1. The summed E-state index contributed by atoms with van der Waals surface area (Å²) in [7, 11) is 2.19. The van der Waals surface area contributed by atoms with Crippen LogP contribution in [0.1, 0.15) is 37.5 Å². The number of aryl methyl sites for hydroxylation is 2. The summed E-state index contributed by atoms with van der Waals surface area (Å²) in [6.07, 6.45) is 5.67. The summed E-state index contributed by atoms with van der Waals surface area (Å²) in [5, 5.41) is 3.44. The van der Waals surface area contributed by atoms with Gasteiger partial charge >= 0.3 is 0 Å². The van der Waals surface area contributed by atoms with Gasteiger partial charge in [0.1, 0.15) is 6.33 Å². The minimum atomic E-state index is 0.0510. The number of hydrogen-bond acceptors (Lipinski definition) is 7. The van der Waals surface area contributed by atoms with E-state index >= 15 is 0 Å². The Labute approximate surface area is 232 Å². The Hall–Kier alpha value is -2.91. The SMILES string of the molecule is Cc1ccn(-c2ccc(SNC(C)(C)C)cc2)cnc(Nc2ccc(C)c(CN3CCN(C)CC3)c2)nc1. The number of hydrogen-bond donors (Lipinski definition) is 2. The maximum atomic E-state index is 4.71. The normalized spacial score (nSPS) is 14.8. The van der Waals surface area contributed by atoms with Gasteiger partial charge in [-0.15, -0.1) is 0 Å². The zero-order valence-electron chi connectivity index (χ0n) is 23.5. The number of rotatable bonds is 7. The second-order valence-corrected chi connectivity index (χ2v) is 12.0. The molecule has 0 spiro atoms. The van der Waals surface area contributed by atoms with Crippen LogP contribution in [0.25, 0.3) is 5.69 Å². The molecule has 0 amide bonds. The molecule has 1 fully saturated rings. The average molecular weight is 532 g/mol. The summed E-state index contributed by atoms with van der Waals surface area (Å²) in [5.41, 5.74) is 5.76. The van der Waals surface area contributed by atoms with E-state index in [1.807, 2.05) is 36.3 Å². The molecule has 1 aliphatic rings. The third-order valence-corrected chi connectivity index (χ3v) is 7.62. The van der Waals surface area contributed by atoms with Crippen LogP contribution in [0.5, 0.6) is 0 Å². The standard InChI is InChI=1S/C30H41N7S/c1-23-13-14-37(27-9-11-28(12-10-27)38-34-30(3,4)5)22-32-29(31-20-23)33-26-8-7-24(2)25(19-26)21-36-17-15-35(6)16-18-36/h7-14,19-20,22,34H,15-18,21H2,1-6H3,(H,31,33). The molecular formula is C30H41N7S. The number of piperazine rings is 1. The van der Waals surface area contributed by atoms with Crippen molar-refractivity contribution >= 4 is 23.6 Å². The van der Waals surface area contributed by atoms with Crippen molar-refractivity contribution in [3.8, 4) is 5.69 Å². The van der Waals surface area contributed by atoms with Crippen molar-refractivity contribution in [2.24, 2.45) is 0 Å². The van der Waals surface area contributed by atoms with Crippen LogP contribution in [0.3, 0.4) is 0 Å². The van der Waals surface area contributed by atoms with E-state index < -0.39 is 0 Å². The largest absolute Gasteiger partial charge is 0.324 e. The number of anilines is 2. The van der Waals surface area contributed by atoms with Gasteiger partial charge in [-0.25, -0.2) is 9.97 Å². The Morgan fingerprint density at radius 3 is 2.37 bits per heavy atom. The molecule has 2 N–H and O–H groups in total. The lowest BCUT2D eigenvalue weighted by Gasteiger charge is -2.32. The lowest BCUT2D eigenvalue weighted by Crippen LogP contribution is -2.43. The Kier molecular flexibility index (Phi) is 9.44. The van der Waals surface area contributed by atoms with Gasteiger partial charge in [0.25, 0.3) is 0 Å². The van der Waals surface area contributed by atoms with Crippen molar-refractivity contribution in [3.63, 3.8) is 0 Å². The van der Waals surface area contributed by atoms with Crippen LogP contribution in [0.4, 0.5) is 11.6 Å². The monoisotopic (exact) mass is 531 g/mol. The van der Waals surface area contributed by atoms with Gasteiger partial charge in [-0.2, -0.15) is 0 Å². The highest BCUT2D eigenvalue weighted by Crippen LogP contribution is 2.21. The zero-order chi connectivity index (χ0) is 27.1. The summed E-state index contributed by atoms with van der Waals surface area (Å²) in [5.74, 6) is 0.550. The van der Waals surface area contributed by atoms with Crippen LogP contribution in [0.15, 0.2) is 72.1 Å². The molecular weight excluding hydrogens is 490 g/mol. The lowest BCUT2D eigenvalue weighted by molar-refractivity contribution is 0.148. The molecule has 0 saturated carbocycles. The number of likely N-dealkylation sites (N-methyl/N-ethyl adjacent to an activating group) is 1. The number of nitrogens with zero attached hydrogens (tertiary/aromatic N) is 5. The molecule has 202 valence electrons. The van der Waals surface area contributed by atoms with Gasteiger partial charge < -0.3 is 14.8 Å². The van der Waals surface area contributed by atoms with E-state index in [2.05, 4.69) is 102 Å². The predicted octanol–water partition coefficient (Wildman–Crippen LogP) is 5.89. The van der Waals surface area contributed by atoms with Crippen molar-refractivity contribution in [1.82, 2.24) is 29.1 Å². The molecule has 7 nitrogen and oxygen atoms in total. The molecule has 0 aliphatic carbocycles. The van der Waals surface area contributed by atoms with Crippen molar-refractivity contribution in [2.45, 2.75) is 51.6 Å². The topological polar surface area (TPSA) is 61.3 Å². The van der Waals surface area contributed by atoms with Crippen molar-refractivity contribution < 1.29 is 0 Å². The molecule has 1 saturated heterocycles. The van der Waals surface area contributed by atoms with Crippen LogP contribution >= 0.6 is 11.9 Å². The van der Waals surface area contributed by atoms with Crippen molar-refractivity contribution in [3.05, 3.63) is 83.9 Å². The number of aromatic nitrogens is 3. The molecule has 38 heavy (non-hydrogen) atoms. The van der Waals surface area contributed by atoms with Crippen LogP contribution in [-0.4, -0.2) is 63.1 Å². The first-order valence-electron chi connectivity index (χ1n) is 13.2. The fourth-order valence-corrected chi connectivity index (χ4v) is 4.70. The number of nitrogens with one attached hydrogen (secondary N) is 2. The van der Waals surface area contributed by atoms with E-state index in [0.29, 0.717) is 5.95 Å². The second kappa shape index (κ2) is 12.8. The summed E-state index contributed by atoms with van der Waals surface area (Å²) in [6.45, 7) is 16.1. The van der Waals surface area contributed by atoms with E-state index in [0.717, 1.165) is 49.7 Å². The molecule has 3 aromatic rings. The molecule has 2 aromatic carbocycles. The quantitative estimate of drug-likeness (QED) is 0.368. The van der Waals surface area contributed by atoms with E-state index in [1.54, 1.807) is 11.9 Å². The smallest absolute Gasteiger partial charge is 0.228 e. The van der Waals surface area contributed by atoms with Gasteiger partial charge in [0.15, 0.2) is 0 Å². The van der Waals surface area contributed by atoms with Gasteiger partial charge in [-0.1, -0.05) is 6.07 Å². The molecule has 1 aromatic heterocycles. The zero-order valence-corrected chi connectivity index (χ0v) is 24.3. The molecule has 0 radical (unpaired) electrons. The molecule has 1 aliphatic heterocycles. The summed E-state index contributed by atoms with van der Waals surface area (Å²) in [6, 6.07) is 17.0. The lowest BCUT2D eigenvalue weighted by atomic mass is 10.1. The fourth-order valence-electron chi connectivity index (χ4n) is 4.00. The van der Waals surface area contributed by atoms with Crippen molar-refractivity contribution in [2.75, 3.05) is 38.5 Å². The third kappa shape index (κ3) is 8.56. The Bertz CT molecular complexity index is 1250.